The summed E-state index contributed by atoms with van der Waals surface area (Å²) < 4.78 is 0. The van der Waals surface area contributed by atoms with Crippen LogP contribution in [0.1, 0.15) is 26.7 Å². The summed E-state index contributed by atoms with van der Waals surface area (Å²) >= 11 is 0. The number of nitrogens with one attached hydrogen (secondary N) is 1. The van der Waals surface area contributed by atoms with E-state index in [-0.39, 0.29) is 0 Å². The molecular weight excluding hydrogens is 192 g/mol. The van der Waals surface area contributed by atoms with Crippen LogP contribution in [0.5, 0.6) is 0 Å². The minimum atomic E-state index is -0.730. The van der Waals surface area contributed by atoms with Crippen LogP contribution < -0.4 is 11.1 Å². The monoisotopic (exact) mass is 210 g/mol. The van der Waals surface area contributed by atoms with Gasteiger partial charge in [-0.15, -0.1) is 0 Å². The standard InChI is InChI=1S/C10H18N4O/c1-3-4-10(2,15)6-13-9-8(11)5-12-7-14-9/h5,7,15H,3-4,6,11H2,1-2H3,(H,12,13,14). The number of rotatable bonds is 5. The zero-order valence-electron chi connectivity index (χ0n) is 9.20. The third kappa shape index (κ3) is 3.71. The second-order valence-corrected chi connectivity index (χ2v) is 3.93. The lowest BCUT2D eigenvalue weighted by Crippen LogP contribution is -2.33. The van der Waals surface area contributed by atoms with Crippen molar-refractivity contribution in [2.75, 3.05) is 17.6 Å². The fourth-order valence-corrected chi connectivity index (χ4v) is 1.39. The number of nitrogens with two attached hydrogens (primary N) is 1. The SMILES string of the molecule is CCCC(C)(O)CNc1ncncc1N. The minimum absolute atomic E-state index is 0.433. The van der Waals surface area contributed by atoms with Crippen molar-refractivity contribution in [1.29, 1.82) is 0 Å². The highest BCUT2D eigenvalue weighted by molar-refractivity contribution is 5.58. The third-order valence-electron chi connectivity index (χ3n) is 2.17. The maximum absolute atomic E-state index is 9.92. The molecule has 0 bridgehead atoms. The number of aliphatic hydroxyl groups is 1. The number of anilines is 2. The summed E-state index contributed by atoms with van der Waals surface area (Å²) in [4.78, 5) is 7.77. The van der Waals surface area contributed by atoms with Crippen LogP contribution in [0.3, 0.4) is 0 Å². The third-order valence-corrected chi connectivity index (χ3v) is 2.17. The van der Waals surface area contributed by atoms with Crippen LogP contribution in [-0.2, 0) is 0 Å². The molecule has 1 unspecified atom stereocenters. The van der Waals surface area contributed by atoms with Gasteiger partial charge in [-0.3, -0.25) is 0 Å². The molecule has 0 aliphatic rings. The average molecular weight is 210 g/mol. The Labute approximate surface area is 89.7 Å². The van der Waals surface area contributed by atoms with E-state index in [1.165, 1.54) is 12.5 Å². The number of aromatic nitrogens is 2. The molecule has 0 amide bonds. The first-order valence-corrected chi connectivity index (χ1v) is 5.07. The lowest BCUT2D eigenvalue weighted by atomic mass is 10.0. The molecule has 0 radical (unpaired) electrons. The summed E-state index contributed by atoms with van der Waals surface area (Å²) in [6, 6.07) is 0. The molecule has 0 saturated heterocycles. The molecule has 1 aromatic rings. The van der Waals surface area contributed by atoms with Gasteiger partial charge < -0.3 is 16.2 Å². The van der Waals surface area contributed by atoms with Gasteiger partial charge in [-0.05, 0) is 13.3 Å². The Morgan fingerprint density at radius 1 is 1.60 bits per heavy atom. The van der Waals surface area contributed by atoms with Crippen LogP contribution in [-0.4, -0.2) is 27.2 Å². The quantitative estimate of drug-likeness (QED) is 0.675. The van der Waals surface area contributed by atoms with Gasteiger partial charge in [-0.2, -0.15) is 0 Å². The van der Waals surface area contributed by atoms with Crippen molar-refractivity contribution in [2.45, 2.75) is 32.3 Å². The Bertz CT molecular complexity index is 314. The molecule has 0 saturated carbocycles. The molecule has 1 heterocycles. The van der Waals surface area contributed by atoms with E-state index >= 15 is 0 Å². The van der Waals surface area contributed by atoms with Gasteiger partial charge in [-0.1, -0.05) is 13.3 Å². The van der Waals surface area contributed by atoms with Crippen molar-refractivity contribution in [2.24, 2.45) is 0 Å². The Balaban J connectivity index is 2.53. The molecule has 0 spiro atoms. The minimum Gasteiger partial charge on any atom is -0.394 e. The molecule has 1 rings (SSSR count). The maximum Gasteiger partial charge on any atom is 0.152 e. The van der Waals surface area contributed by atoms with E-state index in [1.807, 2.05) is 6.92 Å². The second kappa shape index (κ2) is 4.93. The number of nitrogen functional groups attached to an aromatic ring is 1. The van der Waals surface area contributed by atoms with Gasteiger partial charge in [0.15, 0.2) is 5.82 Å². The largest absolute Gasteiger partial charge is 0.394 e. The molecule has 4 N–H and O–H groups in total. The van der Waals surface area contributed by atoms with Crippen LogP contribution in [0, 0.1) is 0 Å². The highest BCUT2D eigenvalue weighted by Crippen LogP contribution is 2.16. The van der Waals surface area contributed by atoms with Crippen molar-refractivity contribution in [3.05, 3.63) is 12.5 Å². The van der Waals surface area contributed by atoms with E-state index in [9.17, 15) is 5.11 Å². The zero-order valence-corrected chi connectivity index (χ0v) is 9.20. The van der Waals surface area contributed by atoms with Crippen molar-refractivity contribution >= 4 is 11.5 Å². The predicted molar refractivity (Wildman–Crippen MR) is 60.5 cm³/mol. The van der Waals surface area contributed by atoms with Crippen LogP contribution in [0.25, 0.3) is 0 Å². The van der Waals surface area contributed by atoms with Crippen LogP contribution in [0.15, 0.2) is 12.5 Å². The average Bonchev–Trinajstić information content (AvgIpc) is 2.16. The number of nitrogens with zero attached hydrogens (tertiary/aromatic N) is 2. The lowest BCUT2D eigenvalue weighted by Gasteiger charge is -2.23. The normalized spacial score (nSPS) is 14.6. The summed E-state index contributed by atoms with van der Waals surface area (Å²) in [6.45, 7) is 4.26. The van der Waals surface area contributed by atoms with E-state index in [4.69, 9.17) is 5.73 Å². The Kier molecular flexibility index (Phi) is 3.85. The van der Waals surface area contributed by atoms with Crippen molar-refractivity contribution in [1.82, 2.24) is 9.97 Å². The van der Waals surface area contributed by atoms with Gasteiger partial charge in [0, 0.05) is 6.54 Å². The summed E-state index contributed by atoms with van der Waals surface area (Å²) in [5.74, 6) is 0.571. The summed E-state index contributed by atoms with van der Waals surface area (Å²) in [6.07, 6.45) is 4.63. The molecule has 5 nitrogen and oxygen atoms in total. The van der Waals surface area contributed by atoms with E-state index in [2.05, 4.69) is 15.3 Å². The molecule has 0 aliphatic carbocycles. The Morgan fingerprint density at radius 3 is 2.93 bits per heavy atom. The molecule has 0 fully saturated rings. The predicted octanol–water partition coefficient (Wildman–Crippen LogP) is 1.02. The molecule has 0 aromatic carbocycles. The highest BCUT2D eigenvalue weighted by Gasteiger charge is 2.19. The summed E-state index contributed by atoms with van der Waals surface area (Å²) in [5, 5.41) is 12.9. The van der Waals surface area contributed by atoms with Crippen molar-refractivity contribution < 1.29 is 5.11 Å². The topological polar surface area (TPSA) is 84.1 Å². The van der Waals surface area contributed by atoms with E-state index < -0.39 is 5.60 Å². The van der Waals surface area contributed by atoms with E-state index in [1.54, 1.807) is 6.92 Å². The lowest BCUT2D eigenvalue weighted by molar-refractivity contribution is 0.0636. The summed E-state index contributed by atoms with van der Waals surface area (Å²) in [5.41, 5.74) is 5.42. The molecule has 84 valence electrons. The van der Waals surface area contributed by atoms with Gasteiger partial charge >= 0.3 is 0 Å². The van der Waals surface area contributed by atoms with Crippen molar-refractivity contribution in [3.63, 3.8) is 0 Å². The zero-order chi connectivity index (χ0) is 11.3. The maximum atomic E-state index is 9.92. The summed E-state index contributed by atoms with van der Waals surface area (Å²) in [7, 11) is 0. The van der Waals surface area contributed by atoms with Crippen LogP contribution >= 0.6 is 0 Å². The van der Waals surface area contributed by atoms with Gasteiger partial charge in [-0.25, -0.2) is 9.97 Å². The fraction of sp³-hybridized carbons (Fsp3) is 0.600. The molecule has 1 atom stereocenters. The van der Waals surface area contributed by atoms with Gasteiger partial charge in [0.1, 0.15) is 6.33 Å². The second-order valence-electron chi connectivity index (χ2n) is 3.93. The van der Waals surface area contributed by atoms with Crippen molar-refractivity contribution in [3.8, 4) is 0 Å². The first kappa shape index (κ1) is 11.7. The number of hydrogen-bond donors (Lipinski definition) is 3. The molecule has 0 aliphatic heterocycles. The van der Waals surface area contributed by atoms with Crippen LogP contribution in [0.2, 0.25) is 0 Å². The molecular formula is C10H18N4O. The Morgan fingerprint density at radius 2 is 2.33 bits per heavy atom. The molecule has 15 heavy (non-hydrogen) atoms. The molecule has 5 heteroatoms. The first-order valence-electron chi connectivity index (χ1n) is 5.07. The van der Waals surface area contributed by atoms with Gasteiger partial charge in [0.05, 0.1) is 17.5 Å². The number of hydrogen-bond acceptors (Lipinski definition) is 5. The Hall–Kier alpha value is -1.36. The van der Waals surface area contributed by atoms with Gasteiger partial charge in [0.2, 0.25) is 0 Å². The fourth-order valence-electron chi connectivity index (χ4n) is 1.39. The smallest absolute Gasteiger partial charge is 0.152 e. The van der Waals surface area contributed by atoms with Gasteiger partial charge in [0.25, 0.3) is 0 Å². The van der Waals surface area contributed by atoms with E-state index in [0.717, 1.165) is 12.8 Å². The molecule has 1 aromatic heterocycles. The van der Waals surface area contributed by atoms with Crippen LogP contribution in [0.4, 0.5) is 11.5 Å². The highest BCUT2D eigenvalue weighted by atomic mass is 16.3. The first-order chi connectivity index (χ1) is 7.05. The van der Waals surface area contributed by atoms with E-state index in [0.29, 0.717) is 18.1 Å².